The molecule has 1 aromatic rings. The first-order chi connectivity index (χ1) is 13.7. The average molecular weight is 520 g/mol. The SMILES string of the molecule is CCNC(=NCC(C)N1CCOCC1)NCCCOCc1ccc(OC)cc1.I. The molecule has 0 amide bonds. The van der Waals surface area contributed by atoms with Gasteiger partial charge in [-0.15, -0.1) is 24.0 Å². The Morgan fingerprint density at radius 3 is 2.59 bits per heavy atom. The molecule has 166 valence electrons. The first-order valence-corrected chi connectivity index (χ1v) is 10.3. The second-order valence-electron chi connectivity index (χ2n) is 6.90. The van der Waals surface area contributed by atoms with Crippen molar-refractivity contribution in [2.24, 2.45) is 4.99 Å². The normalized spacial score (nSPS) is 16.0. The number of hydrogen-bond acceptors (Lipinski definition) is 5. The standard InChI is InChI=1S/C21H36N4O3.HI/c1-4-22-21(24-16-18(2)25-11-14-27-15-12-25)23-10-5-13-28-17-19-6-8-20(26-3)9-7-19;/h6-9,18H,4-5,10-17H2,1-3H3,(H2,22,23,24);1H. The van der Waals surface area contributed by atoms with Gasteiger partial charge in [0.1, 0.15) is 5.75 Å². The van der Waals surface area contributed by atoms with Gasteiger partial charge in [-0.05, 0) is 38.0 Å². The fourth-order valence-corrected chi connectivity index (χ4v) is 2.99. The summed E-state index contributed by atoms with van der Waals surface area (Å²) in [5.74, 6) is 1.74. The monoisotopic (exact) mass is 520 g/mol. The number of benzene rings is 1. The molecule has 0 bridgehead atoms. The largest absolute Gasteiger partial charge is 0.497 e. The third kappa shape index (κ3) is 10.5. The van der Waals surface area contributed by atoms with Gasteiger partial charge in [0.15, 0.2) is 5.96 Å². The van der Waals surface area contributed by atoms with Crippen molar-refractivity contribution in [1.82, 2.24) is 15.5 Å². The Kier molecular flexibility index (Phi) is 14.0. The van der Waals surface area contributed by atoms with Crippen molar-refractivity contribution in [3.63, 3.8) is 0 Å². The van der Waals surface area contributed by atoms with E-state index in [1.54, 1.807) is 7.11 Å². The molecule has 1 atom stereocenters. The minimum absolute atomic E-state index is 0. The molecular formula is C21H37IN4O3. The van der Waals surface area contributed by atoms with E-state index in [0.717, 1.165) is 69.6 Å². The molecule has 0 aliphatic carbocycles. The molecule has 0 radical (unpaired) electrons. The second kappa shape index (κ2) is 15.7. The van der Waals surface area contributed by atoms with Crippen LogP contribution in [0.5, 0.6) is 5.75 Å². The van der Waals surface area contributed by atoms with Crippen LogP contribution >= 0.6 is 24.0 Å². The highest BCUT2D eigenvalue weighted by atomic mass is 127. The second-order valence-corrected chi connectivity index (χ2v) is 6.90. The first kappa shape index (κ1) is 25.9. The lowest BCUT2D eigenvalue weighted by Crippen LogP contribution is -2.44. The van der Waals surface area contributed by atoms with E-state index >= 15 is 0 Å². The van der Waals surface area contributed by atoms with Crippen molar-refractivity contribution in [1.29, 1.82) is 0 Å². The fraction of sp³-hybridized carbons (Fsp3) is 0.667. The van der Waals surface area contributed by atoms with E-state index < -0.39 is 0 Å². The topological polar surface area (TPSA) is 67.4 Å². The molecule has 0 spiro atoms. The van der Waals surface area contributed by atoms with Gasteiger partial charge in [0.05, 0.1) is 33.5 Å². The van der Waals surface area contributed by atoms with Gasteiger partial charge >= 0.3 is 0 Å². The lowest BCUT2D eigenvalue weighted by molar-refractivity contribution is 0.0220. The van der Waals surface area contributed by atoms with Crippen LogP contribution in [0.15, 0.2) is 29.3 Å². The summed E-state index contributed by atoms with van der Waals surface area (Å²) in [6.45, 7) is 11.7. The Morgan fingerprint density at radius 1 is 1.21 bits per heavy atom. The van der Waals surface area contributed by atoms with E-state index in [-0.39, 0.29) is 24.0 Å². The number of guanidine groups is 1. The van der Waals surface area contributed by atoms with Gasteiger partial charge in [-0.3, -0.25) is 9.89 Å². The van der Waals surface area contributed by atoms with Crippen LogP contribution in [-0.4, -0.2) is 76.6 Å². The van der Waals surface area contributed by atoms with Gasteiger partial charge in [-0.2, -0.15) is 0 Å². The molecule has 0 saturated carbocycles. The zero-order chi connectivity index (χ0) is 20.0. The zero-order valence-electron chi connectivity index (χ0n) is 18.0. The zero-order valence-corrected chi connectivity index (χ0v) is 20.3. The molecule has 29 heavy (non-hydrogen) atoms. The molecule has 1 saturated heterocycles. The van der Waals surface area contributed by atoms with Crippen molar-refractivity contribution in [2.45, 2.75) is 32.9 Å². The molecule has 2 N–H and O–H groups in total. The Bertz CT molecular complexity index is 566. The Labute approximate surface area is 192 Å². The molecule has 1 aromatic carbocycles. The predicted molar refractivity (Wildman–Crippen MR) is 129 cm³/mol. The molecule has 1 aliphatic heterocycles. The summed E-state index contributed by atoms with van der Waals surface area (Å²) in [7, 11) is 1.67. The summed E-state index contributed by atoms with van der Waals surface area (Å²) in [6.07, 6.45) is 0.930. The van der Waals surface area contributed by atoms with E-state index in [2.05, 4.69) is 29.4 Å². The molecule has 7 nitrogen and oxygen atoms in total. The van der Waals surface area contributed by atoms with Crippen LogP contribution in [0.3, 0.4) is 0 Å². The van der Waals surface area contributed by atoms with Crippen LogP contribution in [0.25, 0.3) is 0 Å². The number of nitrogens with zero attached hydrogens (tertiary/aromatic N) is 2. The third-order valence-electron chi connectivity index (χ3n) is 4.71. The summed E-state index contributed by atoms with van der Waals surface area (Å²) in [6, 6.07) is 8.40. The lowest BCUT2D eigenvalue weighted by Gasteiger charge is -2.31. The van der Waals surface area contributed by atoms with Gasteiger partial charge in [0.25, 0.3) is 0 Å². The Hall–Kier alpha value is -1.10. The first-order valence-electron chi connectivity index (χ1n) is 10.3. The minimum atomic E-state index is 0. The van der Waals surface area contributed by atoms with Crippen LogP contribution in [-0.2, 0) is 16.1 Å². The molecule has 1 fully saturated rings. The van der Waals surface area contributed by atoms with E-state index in [0.29, 0.717) is 19.3 Å². The summed E-state index contributed by atoms with van der Waals surface area (Å²) >= 11 is 0. The highest BCUT2D eigenvalue weighted by Gasteiger charge is 2.16. The van der Waals surface area contributed by atoms with Crippen LogP contribution in [0.1, 0.15) is 25.8 Å². The number of aliphatic imine (C=N–C) groups is 1. The van der Waals surface area contributed by atoms with Crippen LogP contribution in [0.2, 0.25) is 0 Å². The maximum atomic E-state index is 5.75. The van der Waals surface area contributed by atoms with Gasteiger partial charge in [0.2, 0.25) is 0 Å². The van der Waals surface area contributed by atoms with Gasteiger partial charge in [-0.1, -0.05) is 12.1 Å². The van der Waals surface area contributed by atoms with Gasteiger partial charge < -0.3 is 24.8 Å². The fourth-order valence-electron chi connectivity index (χ4n) is 2.99. The maximum absolute atomic E-state index is 5.75. The van der Waals surface area contributed by atoms with E-state index in [4.69, 9.17) is 19.2 Å². The Morgan fingerprint density at radius 2 is 1.93 bits per heavy atom. The van der Waals surface area contributed by atoms with Crippen molar-refractivity contribution in [3.05, 3.63) is 29.8 Å². The number of halogens is 1. The van der Waals surface area contributed by atoms with Crippen molar-refractivity contribution < 1.29 is 14.2 Å². The summed E-state index contributed by atoms with van der Waals surface area (Å²) in [5, 5.41) is 6.70. The molecule has 8 heteroatoms. The number of morpholine rings is 1. The molecule has 1 heterocycles. The highest BCUT2D eigenvalue weighted by Crippen LogP contribution is 2.11. The van der Waals surface area contributed by atoms with E-state index in [1.807, 2.05) is 24.3 Å². The van der Waals surface area contributed by atoms with Gasteiger partial charge in [0, 0.05) is 38.8 Å². The number of methoxy groups -OCH3 is 1. The average Bonchev–Trinajstić information content (AvgIpc) is 2.75. The maximum Gasteiger partial charge on any atom is 0.191 e. The molecular weight excluding hydrogens is 483 g/mol. The number of nitrogens with one attached hydrogen (secondary N) is 2. The molecule has 0 aromatic heterocycles. The summed E-state index contributed by atoms with van der Waals surface area (Å²) in [5.41, 5.74) is 1.15. The number of ether oxygens (including phenoxy) is 3. The Balaban J connectivity index is 0.00000420. The van der Waals surface area contributed by atoms with Gasteiger partial charge in [-0.25, -0.2) is 0 Å². The summed E-state index contributed by atoms with van der Waals surface area (Å²) < 4.78 is 16.3. The number of rotatable bonds is 11. The third-order valence-corrected chi connectivity index (χ3v) is 4.71. The summed E-state index contributed by atoms with van der Waals surface area (Å²) in [4.78, 5) is 7.16. The van der Waals surface area contributed by atoms with E-state index in [9.17, 15) is 0 Å². The van der Waals surface area contributed by atoms with Crippen LogP contribution in [0, 0.1) is 0 Å². The molecule has 2 rings (SSSR count). The minimum Gasteiger partial charge on any atom is -0.497 e. The molecule has 1 aliphatic rings. The van der Waals surface area contributed by atoms with Crippen molar-refractivity contribution in [2.75, 3.05) is 59.7 Å². The number of hydrogen-bond donors (Lipinski definition) is 2. The lowest BCUT2D eigenvalue weighted by atomic mass is 10.2. The van der Waals surface area contributed by atoms with Crippen LogP contribution in [0.4, 0.5) is 0 Å². The smallest absolute Gasteiger partial charge is 0.191 e. The molecule has 1 unspecified atom stereocenters. The highest BCUT2D eigenvalue weighted by molar-refractivity contribution is 14.0. The van der Waals surface area contributed by atoms with E-state index in [1.165, 1.54) is 0 Å². The van der Waals surface area contributed by atoms with Crippen molar-refractivity contribution in [3.8, 4) is 5.75 Å². The quantitative estimate of drug-likeness (QED) is 0.202. The predicted octanol–water partition coefficient (Wildman–Crippen LogP) is 2.50. The van der Waals surface area contributed by atoms with Crippen molar-refractivity contribution >= 4 is 29.9 Å². The van der Waals surface area contributed by atoms with Crippen LogP contribution < -0.4 is 15.4 Å².